The smallest absolute Gasteiger partial charge is 0.330 e. The van der Waals surface area contributed by atoms with Gasteiger partial charge in [-0.3, -0.25) is 4.79 Å². The number of carbonyl (C=O) groups excluding carboxylic acids is 1. The SMILES string of the molecule is CCOC(=O)C(C)n1nc(C)c2cnn(-c3ccc(C)cc3C)c2c1=O. The van der Waals surface area contributed by atoms with E-state index >= 15 is 0 Å². The lowest BCUT2D eigenvalue weighted by Gasteiger charge is -2.14. The Bertz CT molecular complexity index is 1050. The summed E-state index contributed by atoms with van der Waals surface area (Å²) in [5.41, 5.74) is 3.63. The van der Waals surface area contributed by atoms with Crippen LogP contribution in [-0.4, -0.2) is 32.1 Å². The van der Waals surface area contributed by atoms with Gasteiger partial charge >= 0.3 is 5.97 Å². The summed E-state index contributed by atoms with van der Waals surface area (Å²) < 4.78 is 7.83. The Kier molecular flexibility index (Phi) is 4.63. The van der Waals surface area contributed by atoms with Gasteiger partial charge in [0, 0.05) is 5.39 Å². The van der Waals surface area contributed by atoms with E-state index in [9.17, 15) is 9.59 Å². The van der Waals surface area contributed by atoms with Gasteiger partial charge in [-0.15, -0.1) is 0 Å². The van der Waals surface area contributed by atoms with Crippen LogP contribution >= 0.6 is 0 Å². The van der Waals surface area contributed by atoms with Crippen molar-refractivity contribution in [1.29, 1.82) is 0 Å². The molecule has 2 heterocycles. The van der Waals surface area contributed by atoms with Crippen LogP contribution in [0.1, 0.15) is 36.7 Å². The van der Waals surface area contributed by atoms with Crippen LogP contribution in [0.3, 0.4) is 0 Å². The maximum atomic E-state index is 13.1. The summed E-state index contributed by atoms with van der Waals surface area (Å²) in [7, 11) is 0. The van der Waals surface area contributed by atoms with E-state index < -0.39 is 12.0 Å². The summed E-state index contributed by atoms with van der Waals surface area (Å²) in [5, 5.41) is 9.37. The van der Waals surface area contributed by atoms with E-state index in [1.165, 1.54) is 4.68 Å². The lowest BCUT2D eigenvalue weighted by atomic mass is 10.1. The second kappa shape index (κ2) is 6.74. The van der Waals surface area contributed by atoms with E-state index in [4.69, 9.17) is 4.74 Å². The number of aryl methyl sites for hydroxylation is 3. The molecule has 0 aliphatic carbocycles. The average Bonchev–Trinajstić information content (AvgIpc) is 3.03. The summed E-state index contributed by atoms with van der Waals surface area (Å²) >= 11 is 0. The third kappa shape index (κ3) is 2.89. The molecule has 0 fully saturated rings. The minimum atomic E-state index is -0.812. The lowest BCUT2D eigenvalue weighted by molar-refractivity contribution is -0.147. The second-order valence-corrected chi connectivity index (χ2v) is 6.37. The summed E-state index contributed by atoms with van der Waals surface area (Å²) in [5.74, 6) is -0.488. The fourth-order valence-electron chi connectivity index (χ4n) is 3.04. The van der Waals surface area contributed by atoms with Crippen molar-refractivity contribution in [2.75, 3.05) is 6.61 Å². The number of carbonyl (C=O) groups is 1. The molecule has 1 aromatic carbocycles. The number of benzene rings is 1. The molecule has 0 N–H and O–H groups in total. The van der Waals surface area contributed by atoms with Crippen molar-refractivity contribution in [2.24, 2.45) is 0 Å². The van der Waals surface area contributed by atoms with Crippen LogP contribution in [-0.2, 0) is 9.53 Å². The number of nitrogens with zero attached hydrogens (tertiary/aromatic N) is 4. The standard InChI is InChI=1S/C19H22N4O3/c1-6-26-19(25)14(5)22-18(24)17-15(13(4)21-22)10-20-23(17)16-8-7-11(2)9-12(16)3/h7-10,14H,6H2,1-5H3. The maximum Gasteiger partial charge on any atom is 0.330 e. The highest BCUT2D eigenvalue weighted by atomic mass is 16.5. The highest BCUT2D eigenvalue weighted by molar-refractivity contribution is 5.82. The van der Waals surface area contributed by atoms with E-state index in [0.29, 0.717) is 16.6 Å². The Morgan fingerprint density at radius 3 is 2.65 bits per heavy atom. The Balaban J connectivity index is 2.25. The first kappa shape index (κ1) is 17.8. The van der Waals surface area contributed by atoms with Crippen LogP contribution in [0.5, 0.6) is 0 Å². The number of hydrogen-bond acceptors (Lipinski definition) is 5. The molecule has 0 saturated carbocycles. The fraction of sp³-hybridized carbons (Fsp3) is 0.368. The first-order chi connectivity index (χ1) is 12.3. The highest BCUT2D eigenvalue weighted by Crippen LogP contribution is 2.21. The van der Waals surface area contributed by atoms with Crippen molar-refractivity contribution in [3.05, 3.63) is 51.6 Å². The van der Waals surface area contributed by atoms with Gasteiger partial charge in [0.2, 0.25) is 0 Å². The Morgan fingerprint density at radius 1 is 1.27 bits per heavy atom. The average molecular weight is 354 g/mol. The lowest BCUT2D eigenvalue weighted by Crippen LogP contribution is -2.33. The Hall–Kier alpha value is -2.96. The molecule has 7 nitrogen and oxygen atoms in total. The molecule has 0 radical (unpaired) electrons. The summed E-state index contributed by atoms with van der Waals surface area (Å²) in [6, 6.07) is 5.14. The van der Waals surface area contributed by atoms with Crippen molar-refractivity contribution >= 4 is 16.9 Å². The predicted octanol–water partition coefficient (Wildman–Crippen LogP) is 2.63. The molecule has 7 heteroatoms. The fourth-order valence-corrected chi connectivity index (χ4v) is 3.04. The van der Waals surface area contributed by atoms with E-state index in [-0.39, 0.29) is 12.2 Å². The molecule has 1 unspecified atom stereocenters. The van der Waals surface area contributed by atoms with Crippen molar-refractivity contribution in [3.63, 3.8) is 0 Å². The third-order valence-electron chi connectivity index (χ3n) is 4.40. The van der Waals surface area contributed by atoms with Gasteiger partial charge < -0.3 is 4.74 Å². The minimum absolute atomic E-state index is 0.250. The summed E-state index contributed by atoms with van der Waals surface area (Å²) in [6.45, 7) is 9.37. The van der Waals surface area contributed by atoms with Crippen molar-refractivity contribution in [2.45, 2.75) is 40.7 Å². The van der Waals surface area contributed by atoms with Crippen LogP contribution in [0.2, 0.25) is 0 Å². The molecule has 0 amide bonds. The number of esters is 1. The zero-order valence-electron chi connectivity index (χ0n) is 15.6. The van der Waals surface area contributed by atoms with Gasteiger partial charge in [-0.2, -0.15) is 10.2 Å². The topological polar surface area (TPSA) is 79.0 Å². The first-order valence-corrected chi connectivity index (χ1v) is 8.56. The molecule has 0 bridgehead atoms. The molecule has 3 rings (SSSR count). The quantitative estimate of drug-likeness (QED) is 0.673. The molecule has 136 valence electrons. The van der Waals surface area contributed by atoms with Gasteiger partial charge in [0.15, 0.2) is 6.04 Å². The van der Waals surface area contributed by atoms with Crippen LogP contribution in [0.4, 0.5) is 0 Å². The minimum Gasteiger partial charge on any atom is -0.464 e. The molecule has 26 heavy (non-hydrogen) atoms. The number of hydrogen-bond donors (Lipinski definition) is 0. The normalized spacial score (nSPS) is 12.3. The van der Waals surface area contributed by atoms with Crippen LogP contribution in [0.15, 0.2) is 29.2 Å². The molecule has 0 saturated heterocycles. The van der Waals surface area contributed by atoms with Crippen LogP contribution < -0.4 is 5.56 Å². The molecule has 0 spiro atoms. The second-order valence-electron chi connectivity index (χ2n) is 6.37. The van der Waals surface area contributed by atoms with Gasteiger partial charge in [0.1, 0.15) is 5.52 Å². The monoisotopic (exact) mass is 354 g/mol. The zero-order chi connectivity index (χ0) is 19.0. The third-order valence-corrected chi connectivity index (χ3v) is 4.40. The number of aromatic nitrogens is 4. The number of ether oxygens (including phenoxy) is 1. The van der Waals surface area contributed by atoms with Gasteiger partial charge in [-0.1, -0.05) is 17.7 Å². The molecule has 3 aromatic rings. The van der Waals surface area contributed by atoms with Gasteiger partial charge in [-0.25, -0.2) is 14.2 Å². The number of fused-ring (bicyclic) bond motifs is 1. The van der Waals surface area contributed by atoms with Crippen LogP contribution in [0, 0.1) is 20.8 Å². The molecule has 0 aliphatic rings. The van der Waals surface area contributed by atoms with E-state index in [2.05, 4.69) is 10.2 Å². The molecule has 0 aliphatic heterocycles. The van der Waals surface area contributed by atoms with Crippen LogP contribution in [0.25, 0.3) is 16.6 Å². The zero-order valence-corrected chi connectivity index (χ0v) is 15.6. The Labute approximate surface area is 151 Å². The largest absolute Gasteiger partial charge is 0.464 e. The van der Waals surface area contributed by atoms with Gasteiger partial charge in [-0.05, 0) is 46.2 Å². The molecular formula is C19H22N4O3. The predicted molar refractivity (Wildman–Crippen MR) is 98.7 cm³/mol. The van der Waals surface area contributed by atoms with Crippen molar-refractivity contribution in [3.8, 4) is 5.69 Å². The highest BCUT2D eigenvalue weighted by Gasteiger charge is 2.23. The summed E-state index contributed by atoms with van der Waals surface area (Å²) in [6.07, 6.45) is 1.64. The first-order valence-electron chi connectivity index (χ1n) is 8.56. The van der Waals surface area contributed by atoms with Crippen molar-refractivity contribution in [1.82, 2.24) is 19.6 Å². The van der Waals surface area contributed by atoms with Gasteiger partial charge in [0.05, 0.1) is 24.2 Å². The number of rotatable bonds is 4. The Morgan fingerprint density at radius 2 is 2.00 bits per heavy atom. The van der Waals surface area contributed by atoms with E-state index in [0.717, 1.165) is 16.8 Å². The van der Waals surface area contributed by atoms with E-state index in [1.807, 2.05) is 32.0 Å². The van der Waals surface area contributed by atoms with Gasteiger partial charge in [0.25, 0.3) is 5.56 Å². The van der Waals surface area contributed by atoms with E-state index in [1.54, 1.807) is 31.6 Å². The summed E-state index contributed by atoms with van der Waals surface area (Å²) in [4.78, 5) is 25.2. The molecule has 1 atom stereocenters. The molecular weight excluding hydrogens is 332 g/mol. The maximum absolute atomic E-state index is 13.1. The van der Waals surface area contributed by atoms with Crippen molar-refractivity contribution < 1.29 is 9.53 Å². The molecule has 2 aromatic heterocycles.